The zero-order valence-corrected chi connectivity index (χ0v) is 16.1. The fourth-order valence-corrected chi connectivity index (χ4v) is 3.44. The Morgan fingerprint density at radius 3 is 2.96 bits per heavy atom. The molecule has 0 unspecified atom stereocenters. The van der Waals surface area contributed by atoms with E-state index in [-0.39, 0.29) is 11.9 Å². The van der Waals surface area contributed by atoms with Gasteiger partial charge in [-0.2, -0.15) is 5.10 Å². The van der Waals surface area contributed by atoms with Gasteiger partial charge in [-0.3, -0.25) is 9.48 Å². The molecule has 28 heavy (non-hydrogen) atoms. The number of fused-ring (bicyclic) bond motifs is 1. The number of amides is 1. The number of rotatable bonds is 6. The molecule has 0 bridgehead atoms. The monoisotopic (exact) mass is 381 g/mol. The summed E-state index contributed by atoms with van der Waals surface area (Å²) in [5.74, 6) is 1.28. The Balaban J connectivity index is 1.60. The van der Waals surface area contributed by atoms with E-state index in [1.807, 2.05) is 30.1 Å². The van der Waals surface area contributed by atoms with Crippen LogP contribution in [0.25, 0.3) is 11.4 Å². The van der Waals surface area contributed by atoms with Crippen molar-refractivity contribution in [3.8, 4) is 11.4 Å². The number of anilines is 2. The topological polar surface area (TPSA) is 101 Å². The molecule has 0 fully saturated rings. The van der Waals surface area contributed by atoms with Gasteiger partial charge in [0, 0.05) is 51.1 Å². The lowest BCUT2D eigenvalue weighted by molar-refractivity contribution is 0.0590. The van der Waals surface area contributed by atoms with Crippen molar-refractivity contribution in [2.75, 3.05) is 25.6 Å². The van der Waals surface area contributed by atoms with Crippen LogP contribution in [0.15, 0.2) is 30.6 Å². The first kappa shape index (κ1) is 18.2. The lowest BCUT2D eigenvalue weighted by atomic mass is 10.0. The van der Waals surface area contributed by atoms with Crippen molar-refractivity contribution in [3.05, 3.63) is 41.9 Å². The fraction of sp³-hybridized carbons (Fsp3) is 0.368. The van der Waals surface area contributed by atoms with Gasteiger partial charge in [0.05, 0.1) is 29.8 Å². The molecule has 1 aliphatic rings. The highest BCUT2D eigenvalue weighted by molar-refractivity contribution is 5.98. The summed E-state index contributed by atoms with van der Waals surface area (Å²) in [5, 5.41) is 7.27. The van der Waals surface area contributed by atoms with E-state index in [4.69, 9.17) is 4.74 Å². The molecular formula is C19H23N7O2. The number of aromatic nitrogens is 5. The quantitative estimate of drug-likeness (QED) is 0.677. The smallest absolute Gasteiger partial charge is 0.256 e. The SMILES string of the molecule is COCCN1C(=O)c2cc(-c3ccnc(Nc4ccnn4C)n3)[nH]c2C[C@@H]1C. The minimum Gasteiger partial charge on any atom is -0.383 e. The van der Waals surface area contributed by atoms with Gasteiger partial charge in [-0.05, 0) is 19.1 Å². The van der Waals surface area contributed by atoms with Gasteiger partial charge in [0.2, 0.25) is 5.95 Å². The Morgan fingerprint density at radius 2 is 2.21 bits per heavy atom. The van der Waals surface area contributed by atoms with E-state index in [2.05, 4.69) is 32.3 Å². The van der Waals surface area contributed by atoms with Crippen LogP contribution in [0.3, 0.4) is 0 Å². The molecule has 4 heterocycles. The molecule has 0 saturated carbocycles. The Labute approximate surface area is 162 Å². The van der Waals surface area contributed by atoms with Crippen LogP contribution in [0.5, 0.6) is 0 Å². The third-order valence-electron chi connectivity index (χ3n) is 4.95. The molecule has 0 radical (unpaired) electrons. The molecule has 146 valence electrons. The van der Waals surface area contributed by atoms with Crippen LogP contribution in [-0.4, -0.2) is 61.8 Å². The van der Waals surface area contributed by atoms with Crippen LogP contribution >= 0.6 is 0 Å². The van der Waals surface area contributed by atoms with Crippen molar-refractivity contribution in [2.45, 2.75) is 19.4 Å². The summed E-state index contributed by atoms with van der Waals surface area (Å²) in [4.78, 5) is 27.0. The molecule has 2 N–H and O–H groups in total. The Kier molecular flexibility index (Phi) is 4.82. The standard InChI is InChI=1S/C19H23N7O2/c1-12-10-15-13(18(27)26(12)8-9-28-3)11-16(22-15)14-4-6-20-19(23-14)24-17-5-7-21-25(17)2/h4-7,11-12,22H,8-10H2,1-3H3,(H,20,23,24)/t12-/m0/s1. The van der Waals surface area contributed by atoms with Crippen molar-refractivity contribution in [3.63, 3.8) is 0 Å². The first-order chi connectivity index (χ1) is 13.6. The van der Waals surface area contributed by atoms with Gasteiger partial charge in [-0.15, -0.1) is 0 Å². The van der Waals surface area contributed by atoms with E-state index < -0.39 is 0 Å². The lowest BCUT2D eigenvalue weighted by Crippen LogP contribution is -2.45. The summed E-state index contributed by atoms with van der Waals surface area (Å²) in [6, 6.07) is 5.66. The van der Waals surface area contributed by atoms with Crippen LogP contribution < -0.4 is 5.32 Å². The molecule has 0 spiro atoms. The maximum atomic E-state index is 12.9. The van der Waals surface area contributed by atoms with Crippen LogP contribution in [-0.2, 0) is 18.2 Å². The summed E-state index contributed by atoms with van der Waals surface area (Å²) in [6.07, 6.45) is 4.17. The number of carbonyl (C=O) groups is 1. The number of nitrogens with one attached hydrogen (secondary N) is 2. The average Bonchev–Trinajstić information content (AvgIpc) is 3.28. The number of H-pyrrole nitrogens is 1. The third kappa shape index (κ3) is 3.36. The summed E-state index contributed by atoms with van der Waals surface area (Å²) in [7, 11) is 3.48. The molecule has 3 aromatic rings. The van der Waals surface area contributed by atoms with Crippen LogP contribution in [0, 0.1) is 0 Å². The van der Waals surface area contributed by atoms with Crippen LogP contribution in [0.1, 0.15) is 23.0 Å². The van der Waals surface area contributed by atoms with Crippen molar-refractivity contribution in [2.24, 2.45) is 7.05 Å². The van der Waals surface area contributed by atoms with E-state index in [1.165, 1.54) is 0 Å². The van der Waals surface area contributed by atoms with Crippen LogP contribution in [0.4, 0.5) is 11.8 Å². The number of methoxy groups -OCH3 is 1. The summed E-state index contributed by atoms with van der Waals surface area (Å²) in [5.41, 5.74) is 3.16. The molecule has 3 aromatic heterocycles. The van der Waals surface area contributed by atoms with Gasteiger partial charge < -0.3 is 19.9 Å². The molecule has 0 aromatic carbocycles. The second kappa shape index (κ2) is 7.43. The average molecular weight is 381 g/mol. The van der Waals surface area contributed by atoms with Crippen LogP contribution in [0.2, 0.25) is 0 Å². The van der Waals surface area contributed by atoms with Gasteiger partial charge in [0.15, 0.2) is 0 Å². The fourth-order valence-electron chi connectivity index (χ4n) is 3.44. The third-order valence-corrected chi connectivity index (χ3v) is 4.95. The summed E-state index contributed by atoms with van der Waals surface area (Å²) >= 11 is 0. The number of aryl methyl sites for hydroxylation is 1. The Hall–Kier alpha value is -3.20. The second-order valence-electron chi connectivity index (χ2n) is 6.85. The van der Waals surface area contributed by atoms with Crippen molar-refractivity contribution in [1.82, 2.24) is 29.6 Å². The van der Waals surface area contributed by atoms with Gasteiger partial charge in [0.1, 0.15) is 5.82 Å². The molecule has 4 rings (SSSR count). The molecule has 9 heteroatoms. The first-order valence-electron chi connectivity index (χ1n) is 9.17. The molecule has 1 aliphatic heterocycles. The molecule has 0 saturated heterocycles. The molecule has 1 amide bonds. The number of nitrogens with zero attached hydrogens (tertiary/aromatic N) is 5. The largest absolute Gasteiger partial charge is 0.383 e. The number of aromatic amines is 1. The summed E-state index contributed by atoms with van der Waals surface area (Å²) in [6.45, 7) is 3.16. The Bertz CT molecular complexity index is 994. The van der Waals surface area contributed by atoms with E-state index >= 15 is 0 Å². The maximum Gasteiger partial charge on any atom is 0.256 e. The predicted molar refractivity (Wildman–Crippen MR) is 104 cm³/mol. The highest BCUT2D eigenvalue weighted by atomic mass is 16.5. The Morgan fingerprint density at radius 1 is 1.36 bits per heavy atom. The van der Waals surface area contributed by atoms with Gasteiger partial charge >= 0.3 is 0 Å². The molecule has 0 aliphatic carbocycles. The van der Waals surface area contributed by atoms with Gasteiger partial charge in [-0.1, -0.05) is 0 Å². The number of ether oxygens (including phenoxy) is 1. The van der Waals surface area contributed by atoms with E-state index in [9.17, 15) is 4.79 Å². The van der Waals surface area contributed by atoms with E-state index in [0.717, 1.165) is 29.3 Å². The highest BCUT2D eigenvalue weighted by Crippen LogP contribution is 2.28. The zero-order chi connectivity index (χ0) is 19.7. The van der Waals surface area contributed by atoms with Crippen molar-refractivity contribution < 1.29 is 9.53 Å². The predicted octanol–water partition coefficient (Wildman–Crippen LogP) is 1.98. The number of hydrogen-bond acceptors (Lipinski definition) is 6. The minimum absolute atomic E-state index is 0.0237. The van der Waals surface area contributed by atoms with E-state index in [1.54, 1.807) is 24.2 Å². The zero-order valence-electron chi connectivity index (χ0n) is 16.1. The first-order valence-corrected chi connectivity index (χ1v) is 9.17. The highest BCUT2D eigenvalue weighted by Gasteiger charge is 2.31. The van der Waals surface area contributed by atoms with Crippen molar-refractivity contribution in [1.29, 1.82) is 0 Å². The molecular weight excluding hydrogens is 358 g/mol. The maximum absolute atomic E-state index is 12.9. The number of carbonyl (C=O) groups excluding carboxylic acids is 1. The summed E-state index contributed by atoms with van der Waals surface area (Å²) < 4.78 is 6.84. The lowest BCUT2D eigenvalue weighted by Gasteiger charge is -2.33. The van der Waals surface area contributed by atoms with Crippen molar-refractivity contribution >= 4 is 17.7 Å². The van der Waals surface area contributed by atoms with E-state index in [0.29, 0.717) is 24.7 Å². The molecule has 9 nitrogen and oxygen atoms in total. The van der Waals surface area contributed by atoms with Gasteiger partial charge in [-0.25, -0.2) is 9.97 Å². The minimum atomic E-state index is 0.0237. The second-order valence-corrected chi connectivity index (χ2v) is 6.85. The van der Waals surface area contributed by atoms with Gasteiger partial charge in [0.25, 0.3) is 5.91 Å². The number of hydrogen-bond donors (Lipinski definition) is 2. The molecule has 1 atom stereocenters. The normalized spacial score (nSPS) is 16.3.